The molecule has 112 valence electrons. The molecule has 21 heavy (non-hydrogen) atoms. The third kappa shape index (κ3) is 4.32. The molecule has 0 bridgehead atoms. The summed E-state index contributed by atoms with van der Waals surface area (Å²) in [6.07, 6.45) is 0.0436. The Bertz CT molecular complexity index is 614. The van der Waals surface area contributed by atoms with Crippen molar-refractivity contribution in [3.8, 4) is 0 Å². The van der Waals surface area contributed by atoms with Crippen molar-refractivity contribution < 1.29 is 5.11 Å². The normalized spacial score (nSPS) is 13.2. The van der Waals surface area contributed by atoms with Gasteiger partial charge in [-0.15, -0.1) is 0 Å². The molecule has 2 rings (SSSR count). The molecule has 0 saturated heterocycles. The minimum Gasteiger partial charge on any atom is -0.388 e. The quantitative estimate of drug-likeness (QED) is 0.740. The van der Waals surface area contributed by atoms with Gasteiger partial charge in [-0.1, -0.05) is 78.6 Å². The number of hydrogen-bond donors (Lipinski definition) is 1. The zero-order valence-corrected chi connectivity index (χ0v) is 14.9. The third-order valence-electron chi connectivity index (χ3n) is 3.57. The van der Waals surface area contributed by atoms with Gasteiger partial charge < -0.3 is 5.11 Å². The maximum atomic E-state index is 10.4. The minimum absolute atomic E-state index is 0.149. The van der Waals surface area contributed by atoms with Gasteiger partial charge in [0, 0.05) is 15.9 Å². The summed E-state index contributed by atoms with van der Waals surface area (Å²) in [6, 6.07) is 13.9. The van der Waals surface area contributed by atoms with Crippen LogP contribution in [0.2, 0.25) is 5.02 Å². The Hall–Kier alpha value is -0.830. The minimum atomic E-state index is -0.544. The summed E-state index contributed by atoms with van der Waals surface area (Å²) in [7, 11) is 0. The molecule has 0 spiro atoms. The Morgan fingerprint density at radius 1 is 1.10 bits per heavy atom. The fourth-order valence-corrected chi connectivity index (χ4v) is 3.19. The van der Waals surface area contributed by atoms with Gasteiger partial charge in [0.15, 0.2) is 0 Å². The van der Waals surface area contributed by atoms with E-state index in [1.807, 2.05) is 12.1 Å². The largest absolute Gasteiger partial charge is 0.388 e. The lowest BCUT2D eigenvalue weighted by Gasteiger charge is -2.19. The molecule has 1 N–H and O–H groups in total. The highest BCUT2D eigenvalue weighted by atomic mass is 79.9. The first kappa shape index (κ1) is 16.5. The first-order chi connectivity index (χ1) is 9.77. The summed E-state index contributed by atoms with van der Waals surface area (Å²) in [5.41, 5.74) is 3.43. The Balaban J connectivity index is 2.14. The Labute approximate surface area is 140 Å². The Kier molecular flexibility index (Phi) is 5.13. The molecule has 1 atom stereocenters. The highest BCUT2D eigenvalue weighted by molar-refractivity contribution is 9.10. The van der Waals surface area contributed by atoms with Crippen LogP contribution in [-0.2, 0) is 11.8 Å². The van der Waals surface area contributed by atoms with Gasteiger partial charge in [0.05, 0.1) is 6.10 Å². The van der Waals surface area contributed by atoms with Crippen molar-refractivity contribution in [2.24, 2.45) is 0 Å². The lowest BCUT2D eigenvalue weighted by molar-refractivity contribution is 0.177. The molecular weight excluding hydrogens is 348 g/mol. The van der Waals surface area contributed by atoms with Crippen LogP contribution >= 0.6 is 27.5 Å². The summed E-state index contributed by atoms with van der Waals surface area (Å²) < 4.78 is 0.841. The van der Waals surface area contributed by atoms with Crippen LogP contribution in [0.1, 0.15) is 43.6 Å². The number of aliphatic hydroxyl groups excluding tert-OH is 1. The van der Waals surface area contributed by atoms with Crippen molar-refractivity contribution >= 4 is 27.5 Å². The molecule has 0 aliphatic carbocycles. The van der Waals surface area contributed by atoms with Gasteiger partial charge in [0.1, 0.15) is 0 Å². The highest BCUT2D eigenvalue weighted by Gasteiger charge is 2.15. The van der Waals surface area contributed by atoms with Gasteiger partial charge in [-0.3, -0.25) is 0 Å². The summed E-state index contributed by atoms with van der Waals surface area (Å²) in [4.78, 5) is 0. The second-order valence-corrected chi connectivity index (χ2v) is 7.62. The number of halogens is 2. The Morgan fingerprint density at radius 3 is 2.24 bits per heavy atom. The third-order valence-corrected chi connectivity index (χ3v) is 4.49. The van der Waals surface area contributed by atoms with E-state index in [0.29, 0.717) is 11.4 Å². The molecule has 0 aromatic heterocycles. The fraction of sp³-hybridized carbons (Fsp3) is 0.333. The van der Waals surface area contributed by atoms with Crippen LogP contribution in [0.5, 0.6) is 0 Å². The zero-order chi connectivity index (χ0) is 15.6. The average Bonchev–Trinajstić information content (AvgIpc) is 2.38. The smallest absolute Gasteiger partial charge is 0.0841 e. The van der Waals surface area contributed by atoms with Crippen molar-refractivity contribution in [3.05, 3.63) is 68.7 Å². The maximum absolute atomic E-state index is 10.4. The van der Waals surface area contributed by atoms with Crippen molar-refractivity contribution in [1.29, 1.82) is 0 Å². The number of benzene rings is 2. The average molecular weight is 368 g/mol. The second-order valence-electron chi connectivity index (χ2n) is 6.33. The lowest BCUT2D eigenvalue weighted by Crippen LogP contribution is -2.11. The van der Waals surface area contributed by atoms with Gasteiger partial charge in [0.2, 0.25) is 0 Å². The zero-order valence-electron chi connectivity index (χ0n) is 12.5. The van der Waals surface area contributed by atoms with Gasteiger partial charge in [0.25, 0.3) is 0 Å². The second kappa shape index (κ2) is 6.51. The van der Waals surface area contributed by atoms with E-state index in [2.05, 4.69) is 61.0 Å². The van der Waals surface area contributed by atoms with E-state index in [1.165, 1.54) is 5.56 Å². The SMILES string of the molecule is CC(C)(C)c1ccc(CC(O)c2ccc(Cl)cc2Br)cc1. The topological polar surface area (TPSA) is 20.2 Å². The van der Waals surface area contributed by atoms with Gasteiger partial charge >= 0.3 is 0 Å². The lowest BCUT2D eigenvalue weighted by atomic mass is 9.86. The summed E-state index contributed by atoms with van der Waals surface area (Å²) in [5, 5.41) is 11.1. The molecule has 2 aromatic rings. The van der Waals surface area contributed by atoms with Gasteiger partial charge in [-0.2, -0.15) is 0 Å². The molecule has 0 fully saturated rings. The predicted octanol–water partition coefficient (Wildman–Crippen LogP) is 5.68. The van der Waals surface area contributed by atoms with E-state index in [0.717, 1.165) is 15.6 Å². The Morgan fingerprint density at radius 2 is 1.71 bits per heavy atom. The van der Waals surface area contributed by atoms with Crippen molar-refractivity contribution in [2.75, 3.05) is 0 Å². The molecule has 0 amide bonds. The molecule has 2 aromatic carbocycles. The predicted molar refractivity (Wildman–Crippen MR) is 93.0 cm³/mol. The van der Waals surface area contributed by atoms with E-state index in [-0.39, 0.29) is 5.41 Å². The standard InChI is InChI=1S/C18H20BrClO/c1-18(2,3)13-6-4-12(5-7-13)10-17(21)15-9-8-14(20)11-16(15)19/h4-9,11,17,21H,10H2,1-3H3. The van der Waals surface area contributed by atoms with Crippen LogP contribution in [0.15, 0.2) is 46.9 Å². The molecular formula is C18H20BrClO. The summed E-state index contributed by atoms with van der Waals surface area (Å²) in [6.45, 7) is 6.59. The molecule has 0 aliphatic rings. The van der Waals surface area contributed by atoms with E-state index in [4.69, 9.17) is 11.6 Å². The number of hydrogen-bond acceptors (Lipinski definition) is 1. The van der Waals surface area contributed by atoms with E-state index >= 15 is 0 Å². The molecule has 0 heterocycles. The van der Waals surface area contributed by atoms with Crippen LogP contribution in [0.3, 0.4) is 0 Å². The van der Waals surface area contributed by atoms with Crippen molar-refractivity contribution in [2.45, 2.75) is 38.7 Å². The van der Waals surface area contributed by atoms with E-state index in [9.17, 15) is 5.11 Å². The highest BCUT2D eigenvalue weighted by Crippen LogP contribution is 2.29. The van der Waals surface area contributed by atoms with Gasteiger partial charge in [-0.05, 0) is 34.2 Å². The van der Waals surface area contributed by atoms with Crippen LogP contribution in [0.4, 0.5) is 0 Å². The van der Waals surface area contributed by atoms with E-state index in [1.54, 1.807) is 6.07 Å². The summed E-state index contributed by atoms with van der Waals surface area (Å²) in [5.74, 6) is 0. The van der Waals surface area contributed by atoms with Crippen LogP contribution in [0.25, 0.3) is 0 Å². The first-order valence-electron chi connectivity index (χ1n) is 7.00. The maximum Gasteiger partial charge on any atom is 0.0841 e. The molecule has 0 saturated carbocycles. The molecule has 1 unspecified atom stereocenters. The fourth-order valence-electron chi connectivity index (χ4n) is 2.25. The van der Waals surface area contributed by atoms with Crippen molar-refractivity contribution in [1.82, 2.24) is 0 Å². The van der Waals surface area contributed by atoms with Crippen LogP contribution in [-0.4, -0.2) is 5.11 Å². The van der Waals surface area contributed by atoms with Crippen LogP contribution < -0.4 is 0 Å². The monoisotopic (exact) mass is 366 g/mol. The first-order valence-corrected chi connectivity index (χ1v) is 8.17. The van der Waals surface area contributed by atoms with Crippen LogP contribution in [0, 0.1) is 0 Å². The van der Waals surface area contributed by atoms with Crippen molar-refractivity contribution in [3.63, 3.8) is 0 Å². The van der Waals surface area contributed by atoms with E-state index < -0.39 is 6.10 Å². The van der Waals surface area contributed by atoms with Gasteiger partial charge in [-0.25, -0.2) is 0 Å². The molecule has 3 heteroatoms. The molecule has 0 radical (unpaired) electrons. The number of rotatable bonds is 3. The molecule has 1 nitrogen and oxygen atoms in total. The molecule has 0 aliphatic heterocycles. The summed E-state index contributed by atoms with van der Waals surface area (Å²) >= 11 is 9.38. The number of aliphatic hydroxyl groups is 1.